The third-order valence-corrected chi connectivity index (χ3v) is 3.83. The molecule has 1 atom stereocenters. The lowest BCUT2D eigenvalue weighted by Crippen LogP contribution is -2.56. The van der Waals surface area contributed by atoms with E-state index < -0.39 is 11.5 Å². The summed E-state index contributed by atoms with van der Waals surface area (Å²) in [5.74, 6) is -0.781. The highest BCUT2D eigenvalue weighted by molar-refractivity contribution is 5.98. The van der Waals surface area contributed by atoms with Crippen LogP contribution < -0.4 is 4.74 Å². The van der Waals surface area contributed by atoms with Gasteiger partial charge in [-0.2, -0.15) is 0 Å². The van der Waals surface area contributed by atoms with Gasteiger partial charge in [-0.3, -0.25) is 4.79 Å². The molecule has 0 aromatic heterocycles. The van der Waals surface area contributed by atoms with Crippen molar-refractivity contribution < 1.29 is 24.2 Å². The van der Waals surface area contributed by atoms with Gasteiger partial charge in [0.15, 0.2) is 5.54 Å². The predicted octanol–water partition coefficient (Wildman–Crippen LogP) is 1.40. The van der Waals surface area contributed by atoms with Gasteiger partial charge in [-0.15, -0.1) is 0 Å². The first-order valence-electron chi connectivity index (χ1n) is 6.73. The van der Waals surface area contributed by atoms with Crippen molar-refractivity contribution in [1.29, 1.82) is 0 Å². The van der Waals surface area contributed by atoms with Crippen LogP contribution >= 0.6 is 0 Å². The molecule has 6 nitrogen and oxygen atoms in total. The first-order valence-corrected chi connectivity index (χ1v) is 6.73. The van der Waals surface area contributed by atoms with Gasteiger partial charge in [0.2, 0.25) is 0 Å². The molecule has 0 bridgehead atoms. The van der Waals surface area contributed by atoms with Crippen molar-refractivity contribution in [1.82, 2.24) is 4.90 Å². The molecule has 1 aliphatic rings. The first-order chi connectivity index (χ1) is 10.0. The molecule has 2 rings (SSSR count). The fraction of sp³-hybridized carbons (Fsp3) is 0.467. The molecular weight excluding hydrogens is 274 g/mol. The van der Waals surface area contributed by atoms with E-state index in [0.717, 1.165) is 0 Å². The average molecular weight is 293 g/mol. The van der Waals surface area contributed by atoms with Gasteiger partial charge in [0.1, 0.15) is 5.75 Å². The van der Waals surface area contributed by atoms with Gasteiger partial charge in [-0.1, -0.05) is 6.07 Å². The van der Waals surface area contributed by atoms with Crippen LogP contribution in [0.3, 0.4) is 0 Å². The predicted molar refractivity (Wildman–Crippen MR) is 75.5 cm³/mol. The van der Waals surface area contributed by atoms with Crippen LogP contribution in [-0.2, 0) is 9.53 Å². The summed E-state index contributed by atoms with van der Waals surface area (Å²) >= 11 is 0. The third kappa shape index (κ3) is 2.71. The zero-order valence-electron chi connectivity index (χ0n) is 12.2. The van der Waals surface area contributed by atoms with Crippen LogP contribution in [0.5, 0.6) is 5.75 Å². The molecule has 21 heavy (non-hydrogen) atoms. The Morgan fingerprint density at radius 1 is 1.38 bits per heavy atom. The summed E-state index contributed by atoms with van der Waals surface area (Å²) in [5, 5.41) is 9.56. The van der Waals surface area contributed by atoms with Gasteiger partial charge >= 0.3 is 5.97 Å². The monoisotopic (exact) mass is 293 g/mol. The Kier molecular flexibility index (Phi) is 4.47. The Labute approximate surface area is 123 Å². The van der Waals surface area contributed by atoms with E-state index in [-0.39, 0.29) is 12.5 Å². The summed E-state index contributed by atoms with van der Waals surface area (Å²) in [5.41, 5.74) is -0.868. The van der Waals surface area contributed by atoms with Gasteiger partial charge in [-0.25, -0.2) is 4.79 Å². The second-order valence-electron chi connectivity index (χ2n) is 5.06. The second-order valence-corrected chi connectivity index (χ2v) is 5.06. The largest absolute Gasteiger partial charge is 0.497 e. The fourth-order valence-corrected chi connectivity index (χ4v) is 2.76. The zero-order chi connectivity index (χ0) is 15.5. The average Bonchev–Trinajstić information content (AvgIpc) is 2.92. The number of hydrogen-bond acceptors (Lipinski definition) is 4. The lowest BCUT2D eigenvalue weighted by molar-refractivity contribution is -0.151. The highest BCUT2D eigenvalue weighted by Crippen LogP contribution is 2.32. The standard InChI is InChI=1S/C15H19NO5/c1-20-10-15(14(18)19)7-4-8-16(15)13(17)11-5-3-6-12(9-11)21-2/h3,5-6,9H,4,7-8,10H2,1-2H3,(H,18,19). The van der Waals surface area contributed by atoms with Gasteiger partial charge in [0.25, 0.3) is 5.91 Å². The minimum atomic E-state index is -1.28. The van der Waals surface area contributed by atoms with Crippen molar-refractivity contribution in [2.75, 3.05) is 27.4 Å². The number of likely N-dealkylation sites (tertiary alicyclic amines) is 1. The number of rotatable bonds is 5. The Hall–Kier alpha value is -2.08. The topological polar surface area (TPSA) is 76.1 Å². The number of aliphatic carboxylic acids is 1. The zero-order valence-corrected chi connectivity index (χ0v) is 12.2. The maximum absolute atomic E-state index is 12.7. The van der Waals surface area contributed by atoms with Crippen molar-refractivity contribution >= 4 is 11.9 Å². The first kappa shape index (κ1) is 15.3. The second kappa shape index (κ2) is 6.13. The number of carbonyl (C=O) groups excluding carboxylic acids is 1. The summed E-state index contributed by atoms with van der Waals surface area (Å²) in [6.45, 7) is 0.393. The van der Waals surface area contributed by atoms with Gasteiger partial charge in [0.05, 0.1) is 13.7 Å². The van der Waals surface area contributed by atoms with E-state index in [9.17, 15) is 14.7 Å². The van der Waals surface area contributed by atoms with Gasteiger partial charge < -0.3 is 19.5 Å². The molecule has 1 saturated heterocycles. The number of carboxylic acids is 1. The minimum Gasteiger partial charge on any atom is -0.497 e. The molecule has 0 saturated carbocycles. The molecule has 1 aromatic carbocycles. The summed E-state index contributed by atoms with van der Waals surface area (Å²) in [6.07, 6.45) is 1.04. The molecular formula is C15H19NO5. The molecule has 0 spiro atoms. The number of benzene rings is 1. The van der Waals surface area contributed by atoms with Crippen molar-refractivity contribution in [2.45, 2.75) is 18.4 Å². The van der Waals surface area contributed by atoms with E-state index in [4.69, 9.17) is 9.47 Å². The van der Waals surface area contributed by atoms with Gasteiger partial charge in [-0.05, 0) is 31.0 Å². The van der Waals surface area contributed by atoms with Crippen LogP contribution in [0, 0.1) is 0 Å². The van der Waals surface area contributed by atoms with E-state index in [0.29, 0.717) is 30.7 Å². The Morgan fingerprint density at radius 3 is 2.76 bits per heavy atom. The van der Waals surface area contributed by atoms with E-state index >= 15 is 0 Å². The van der Waals surface area contributed by atoms with Crippen molar-refractivity contribution in [3.05, 3.63) is 29.8 Å². The van der Waals surface area contributed by atoms with E-state index in [1.807, 2.05) is 0 Å². The summed E-state index contributed by atoms with van der Waals surface area (Å²) in [6, 6.07) is 6.71. The highest BCUT2D eigenvalue weighted by atomic mass is 16.5. The number of nitrogens with zero attached hydrogens (tertiary/aromatic N) is 1. The molecule has 6 heteroatoms. The Bertz CT molecular complexity index is 545. The lowest BCUT2D eigenvalue weighted by Gasteiger charge is -2.34. The maximum Gasteiger partial charge on any atom is 0.332 e. The van der Waals surface area contributed by atoms with Crippen LogP contribution in [0.15, 0.2) is 24.3 Å². The van der Waals surface area contributed by atoms with Crippen LogP contribution in [0.2, 0.25) is 0 Å². The molecule has 1 unspecified atom stereocenters. The number of carbonyl (C=O) groups is 2. The van der Waals surface area contributed by atoms with Crippen LogP contribution in [0.1, 0.15) is 23.2 Å². The maximum atomic E-state index is 12.7. The van der Waals surface area contributed by atoms with Crippen LogP contribution in [0.25, 0.3) is 0 Å². The SMILES string of the molecule is COCC1(C(=O)O)CCCN1C(=O)c1cccc(OC)c1. The highest BCUT2D eigenvalue weighted by Gasteiger charge is 2.50. The third-order valence-electron chi connectivity index (χ3n) is 3.83. The van der Waals surface area contributed by atoms with Crippen molar-refractivity contribution in [3.63, 3.8) is 0 Å². The molecule has 0 radical (unpaired) electrons. The van der Waals surface area contributed by atoms with E-state index in [1.165, 1.54) is 19.1 Å². The molecule has 1 N–H and O–H groups in total. The number of hydrogen-bond donors (Lipinski definition) is 1. The van der Waals surface area contributed by atoms with Crippen molar-refractivity contribution in [3.8, 4) is 5.75 Å². The summed E-state index contributed by atoms with van der Waals surface area (Å²) in [4.78, 5) is 25.7. The number of amides is 1. The quantitative estimate of drug-likeness (QED) is 0.888. The molecule has 1 heterocycles. The van der Waals surface area contributed by atoms with Gasteiger partial charge in [0, 0.05) is 19.2 Å². The normalized spacial score (nSPS) is 21.3. The molecule has 0 aliphatic carbocycles. The summed E-state index contributed by atoms with van der Waals surface area (Å²) in [7, 11) is 2.96. The van der Waals surface area contributed by atoms with E-state index in [2.05, 4.69) is 0 Å². The Morgan fingerprint density at radius 2 is 2.14 bits per heavy atom. The fourth-order valence-electron chi connectivity index (χ4n) is 2.76. The van der Waals surface area contributed by atoms with Crippen molar-refractivity contribution in [2.24, 2.45) is 0 Å². The minimum absolute atomic E-state index is 0.0158. The smallest absolute Gasteiger partial charge is 0.332 e. The molecule has 1 fully saturated rings. The summed E-state index contributed by atoms with van der Waals surface area (Å²) < 4.78 is 10.2. The van der Waals surface area contributed by atoms with E-state index in [1.54, 1.807) is 24.3 Å². The number of methoxy groups -OCH3 is 2. The Balaban J connectivity index is 2.34. The number of carboxylic acid groups (broad SMARTS) is 1. The molecule has 1 aromatic rings. The van der Waals surface area contributed by atoms with Crippen LogP contribution in [-0.4, -0.2) is 54.8 Å². The molecule has 1 aliphatic heterocycles. The van der Waals surface area contributed by atoms with Crippen LogP contribution in [0.4, 0.5) is 0 Å². The molecule has 114 valence electrons. The molecule has 1 amide bonds. The number of ether oxygens (including phenoxy) is 2. The lowest BCUT2D eigenvalue weighted by atomic mass is 9.96.